The van der Waals surface area contributed by atoms with Gasteiger partial charge in [-0.15, -0.1) is 11.8 Å². The van der Waals surface area contributed by atoms with Crippen LogP contribution in [0.3, 0.4) is 0 Å². The normalized spacial score (nSPS) is 19.4. The summed E-state index contributed by atoms with van der Waals surface area (Å²) in [5.74, 6) is -0.170. The second kappa shape index (κ2) is 10.5. The molecule has 10 heteroatoms. The Labute approximate surface area is 204 Å². The minimum absolute atomic E-state index is 0.115. The molecule has 4 rings (SSSR count). The molecule has 0 saturated carbocycles. The van der Waals surface area contributed by atoms with Crippen LogP contribution in [0.1, 0.15) is 13.8 Å². The van der Waals surface area contributed by atoms with Gasteiger partial charge in [-0.05, 0) is 37.3 Å². The van der Waals surface area contributed by atoms with Gasteiger partial charge in [0.15, 0.2) is 0 Å². The zero-order valence-electron chi connectivity index (χ0n) is 19.3. The number of thioether (sulfide) groups is 1. The molecule has 182 valence electrons. The minimum atomic E-state index is -3.74. The number of hydrogen-bond acceptors (Lipinski definition) is 6. The molecule has 2 aliphatic heterocycles. The maximum atomic E-state index is 13.3. The molecule has 0 bridgehead atoms. The Morgan fingerprint density at radius 1 is 1.15 bits per heavy atom. The summed E-state index contributed by atoms with van der Waals surface area (Å²) in [5, 5.41) is 0. The van der Waals surface area contributed by atoms with Crippen molar-refractivity contribution in [3.63, 3.8) is 0 Å². The predicted molar refractivity (Wildman–Crippen MR) is 133 cm³/mol. The highest BCUT2D eigenvalue weighted by Gasteiger charge is 2.33. The zero-order valence-corrected chi connectivity index (χ0v) is 21.0. The maximum absolute atomic E-state index is 13.3. The number of hydrogen-bond donors (Lipinski definition) is 0. The Morgan fingerprint density at radius 2 is 1.85 bits per heavy atom. The van der Waals surface area contributed by atoms with Crippen LogP contribution < -0.4 is 9.80 Å². The molecule has 1 fully saturated rings. The standard InChI is InChI=1S/C24H29N3O5S2/c1-3-26(19-7-5-4-6-8-19)23(28)16-27-21-15-20(34(30,31)25-11-13-32-14-12-25)9-10-22(21)33-17-18(2)24(27)29/h4-10,15,18H,3,11-14,16-17H2,1-2H3/t18-/m0/s1. The lowest BCUT2D eigenvalue weighted by atomic mass is 10.1. The van der Waals surface area contributed by atoms with Crippen LogP contribution in [0.4, 0.5) is 11.4 Å². The fraction of sp³-hybridized carbons (Fsp3) is 0.417. The fourth-order valence-corrected chi connectivity index (χ4v) is 6.57. The Bertz CT molecular complexity index is 1150. The van der Waals surface area contributed by atoms with Crippen molar-refractivity contribution in [3.05, 3.63) is 48.5 Å². The van der Waals surface area contributed by atoms with Crippen LogP contribution in [-0.4, -0.2) is 69.7 Å². The van der Waals surface area contributed by atoms with Gasteiger partial charge in [-0.25, -0.2) is 8.42 Å². The maximum Gasteiger partial charge on any atom is 0.247 e. The van der Waals surface area contributed by atoms with E-state index in [0.717, 1.165) is 10.6 Å². The number of para-hydroxylation sites is 1. The zero-order chi connectivity index (χ0) is 24.3. The Morgan fingerprint density at radius 3 is 2.53 bits per heavy atom. The van der Waals surface area contributed by atoms with Crippen molar-refractivity contribution >= 4 is 45.0 Å². The Kier molecular flexibility index (Phi) is 7.61. The van der Waals surface area contributed by atoms with Crippen molar-refractivity contribution in [2.45, 2.75) is 23.6 Å². The SMILES string of the molecule is CCN(C(=O)CN1C(=O)[C@@H](C)CSc2ccc(S(=O)(=O)N3CCOCC3)cc21)c1ccccc1. The van der Waals surface area contributed by atoms with Crippen molar-refractivity contribution in [1.29, 1.82) is 0 Å². The van der Waals surface area contributed by atoms with Gasteiger partial charge in [0.25, 0.3) is 0 Å². The van der Waals surface area contributed by atoms with E-state index in [4.69, 9.17) is 4.74 Å². The summed E-state index contributed by atoms with van der Waals surface area (Å²) in [6, 6.07) is 14.2. The molecular weight excluding hydrogens is 474 g/mol. The number of rotatable bonds is 6. The molecule has 2 aromatic carbocycles. The van der Waals surface area contributed by atoms with E-state index in [-0.39, 0.29) is 42.3 Å². The number of benzene rings is 2. The van der Waals surface area contributed by atoms with E-state index in [1.807, 2.05) is 44.2 Å². The number of carbonyl (C=O) groups excluding carboxylic acids is 2. The molecule has 0 unspecified atom stereocenters. The smallest absolute Gasteiger partial charge is 0.247 e. The van der Waals surface area contributed by atoms with E-state index in [2.05, 4.69) is 0 Å². The first kappa shape index (κ1) is 24.7. The summed E-state index contributed by atoms with van der Waals surface area (Å²) in [5.41, 5.74) is 1.22. The average molecular weight is 504 g/mol. The lowest BCUT2D eigenvalue weighted by Gasteiger charge is -2.29. The Hall–Kier alpha value is -2.40. The first-order valence-electron chi connectivity index (χ1n) is 11.3. The lowest BCUT2D eigenvalue weighted by molar-refractivity contribution is -0.124. The summed E-state index contributed by atoms with van der Waals surface area (Å²) in [4.78, 5) is 30.6. The monoisotopic (exact) mass is 503 g/mol. The second-order valence-corrected chi connectivity index (χ2v) is 11.3. The second-order valence-electron chi connectivity index (χ2n) is 8.26. The van der Waals surface area contributed by atoms with Crippen LogP contribution >= 0.6 is 11.8 Å². The third-order valence-corrected chi connectivity index (χ3v) is 9.20. The first-order chi connectivity index (χ1) is 16.3. The number of ether oxygens (including phenoxy) is 1. The fourth-order valence-electron chi connectivity index (χ4n) is 4.09. The van der Waals surface area contributed by atoms with Gasteiger partial charge in [0.2, 0.25) is 21.8 Å². The molecule has 1 atom stereocenters. The number of likely N-dealkylation sites (N-methyl/N-ethyl adjacent to an activating group) is 1. The van der Waals surface area contributed by atoms with Crippen molar-refractivity contribution < 1.29 is 22.7 Å². The third kappa shape index (κ3) is 5.00. The van der Waals surface area contributed by atoms with Crippen molar-refractivity contribution in [3.8, 4) is 0 Å². The Balaban J connectivity index is 1.69. The van der Waals surface area contributed by atoms with Gasteiger partial charge in [0.05, 0.1) is 23.8 Å². The van der Waals surface area contributed by atoms with E-state index >= 15 is 0 Å². The van der Waals surface area contributed by atoms with Gasteiger partial charge in [0, 0.05) is 41.9 Å². The van der Waals surface area contributed by atoms with E-state index in [1.54, 1.807) is 17.0 Å². The average Bonchev–Trinajstić information content (AvgIpc) is 2.97. The number of fused-ring (bicyclic) bond motifs is 1. The molecule has 2 aromatic rings. The topological polar surface area (TPSA) is 87.2 Å². The molecule has 8 nitrogen and oxygen atoms in total. The number of sulfonamides is 1. The number of nitrogens with zero attached hydrogens (tertiary/aromatic N) is 3. The first-order valence-corrected chi connectivity index (χ1v) is 13.8. The number of anilines is 2. The molecular formula is C24H29N3O5S2. The number of morpholine rings is 1. The van der Waals surface area contributed by atoms with Crippen LogP contribution in [0.25, 0.3) is 0 Å². The number of carbonyl (C=O) groups is 2. The van der Waals surface area contributed by atoms with Gasteiger partial charge < -0.3 is 14.5 Å². The molecule has 2 heterocycles. The van der Waals surface area contributed by atoms with Gasteiger partial charge in [-0.2, -0.15) is 4.31 Å². The van der Waals surface area contributed by atoms with Gasteiger partial charge in [0.1, 0.15) is 6.54 Å². The molecule has 0 aromatic heterocycles. The van der Waals surface area contributed by atoms with E-state index < -0.39 is 10.0 Å². The summed E-state index contributed by atoms with van der Waals surface area (Å²) < 4.78 is 33.2. The molecule has 0 aliphatic carbocycles. The molecule has 0 spiro atoms. The molecule has 0 radical (unpaired) electrons. The van der Waals surface area contributed by atoms with Gasteiger partial charge >= 0.3 is 0 Å². The molecule has 2 amide bonds. The van der Waals surface area contributed by atoms with Crippen molar-refractivity contribution in [2.24, 2.45) is 5.92 Å². The summed E-state index contributed by atoms with van der Waals surface area (Å²) >= 11 is 1.50. The van der Waals surface area contributed by atoms with E-state index in [9.17, 15) is 18.0 Å². The van der Waals surface area contributed by atoms with Crippen molar-refractivity contribution in [2.75, 3.05) is 54.9 Å². The van der Waals surface area contributed by atoms with Crippen molar-refractivity contribution in [1.82, 2.24) is 4.31 Å². The number of amides is 2. The quantitative estimate of drug-likeness (QED) is 0.603. The minimum Gasteiger partial charge on any atom is -0.379 e. The molecule has 1 saturated heterocycles. The predicted octanol–water partition coefficient (Wildman–Crippen LogP) is 2.84. The molecule has 34 heavy (non-hydrogen) atoms. The highest BCUT2D eigenvalue weighted by Crippen LogP contribution is 2.38. The van der Waals surface area contributed by atoms with Crippen LogP contribution in [-0.2, 0) is 24.3 Å². The van der Waals surface area contributed by atoms with Gasteiger partial charge in [-0.1, -0.05) is 25.1 Å². The van der Waals surface area contributed by atoms with Crippen LogP contribution in [0.15, 0.2) is 58.3 Å². The van der Waals surface area contributed by atoms with Crippen LogP contribution in [0.2, 0.25) is 0 Å². The summed E-state index contributed by atoms with van der Waals surface area (Å²) in [7, 11) is -3.74. The largest absolute Gasteiger partial charge is 0.379 e. The molecule has 0 N–H and O–H groups in total. The summed E-state index contributed by atoms with van der Waals surface area (Å²) in [6.45, 7) is 5.27. The highest BCUT2D eigenvalue weighted by molar-refractivity contribution is 7.99. The van der Waals surface area contributed by atoms with Crippen LogP contribution in [0, 0.1) is 5.92 Å². The lowest BCUT2D eigenvalue weighted by Crippen LogP contribution is -2.45. The molecule has 2 aliphatic rings. The highest BCUT2D eigenvalue weighted by atomic mass is 32.2. The van der Waals surface area contributed by atoms with E-state index in [1.165, 1.54) is 27.0 Å². The van der Waals surface area contributed by atoms with Gasteiger partial charge in [-0.3, -0.25) is 9.59 Å². The summed E-state index contributed by atoms with van der Waals surface area (Å²) in [6.07, 6.45) is 0. The van der Waals surface area contributed by atoms with E-state index in [0.29, 0.717) is 31.2 Å². The van der Waals surface area contributed by atoms with Crippen LogP contribution in [0.5, 0.6) is 0 Å². The third-order valence-electron chi connectivity index (χ3n) is 5.98.